The van der Waals surface area contributed by atoms with Gasteiger partial charge in [-0.2, -0.15) is 11.3 Å². The SMILES string of the molecule is CC1(CNC(=O)/C(F)=C/C2CC2)CCN(C(=O)C2Cc3cscc3C2)CC1. The Labute approximate surface area is 163 Å². The van der Waals surface area contributed by atoms with Crippen molar-refractivity contribution in [2.75, 3.05) is 19.6 Å². The number of halogens is 1. The van der Waals surface area contributed by atoms with Gasteiger partial charge in [-0.15, -0.1) is 0 Å². The van der Waals surface area contributed by atoms with E-state index in [-0.39, 0.29) is 23.2 Å². The number of carbonyl (C=O) groups excluding carboxylic acids is 2. The van der Waals surface area contributed by atoms with Gasteiger partial charge in [0.05, 0.1) is 0 Å². The first-order valence-electron chi connectivity index (χ1n) is 9.92. The third kappa shape index (κ3) is 4.26. The topological polar surface area (TPSA) is 49.4 Å². The van der Waals surface area contributed by atoms with Crippen LogP contribution in [0.2, 0.25) is 0 Å². The summed E-state index contributed by atoms with van der Waals surface area (Å²) in [5.74, 6) is -0.642. The lowest BCUT2D eigenvalue weighted by Crippen LogP contribution is -2.48. The number of nitrogens with one attached hydrogen (secondary N) is 1. The molecule has 146 valence electrons. The van der Waals surface area contributed by atoms with Gasteiger partial charge in [0, 0.05) is 25.6 Å². The number of hydrogen-bond acceptors (Lipinski definition) is 3. The Morgan fingerprint density at radius 1 is 1.26 bits per heavy atom. The van der Waals surface area contributed by atoms with E-state index < -0.39 is 11.7 Å². The van der Waals surface area contributed by atoms with Crippen LogP contribution in [0, 0.1) is 17.3 Å². The van der Waals surface area contributed by atoms with Crippen molar-refractivity contribution in [3.8, 4) is 0 Å². The molecule has 0 radical (unpaired) electrons. The first-order valence-corrected chi connectivity index (χ1v) is 10.9. The minimum atomic E-state index is -0.651. The second-order valence-corrected chi connectivity index (χ2v) is 9.44. The highest BCUT2D eigenvalue weighted by Gasteiger charge is 2.36. The zero-order chi connectivity index (χ0) is 19.0. The standard InChI is InChI=1S/C21H27FN2O2S/c1-21(13-23-19(25)18(22)8-14-2-3-14)4-6-24(7-5-21)20(26)15-9-16-11-27-12-17(16)10-15/h8,11-12,14-15H,2-7,9-10,13H2,1H3,(H,23,25)/b18-8-. The van der Waals surface area contributed by atoms with Crippen molar-refractivity contribution in [3.05, 3.63) is 33.8 Å². The third-order valence-corrected chi connectivity index (χ3v) is 7.14. The van der Waals surface area contributed by atoms with E-state index in [0.717, 1.165) is 51.6 Å². The zero-order valence-corrected chi connectivity index (χ0v) is 16.6. The Morgan fingerprint density at radius 3 is 2.48 bits per heavy atom. The van der Waals surface area contributed by atoms with Gasteiger partial charge in [0.15, 0.2) is 5.83 Å². The van der Waals surface area contributed by atoms with Crippen LogP contribution in [0.3, 0.4) is 0 Å². The molecular formula is C21H27FN2O2S. The lowest BCUT2D eigenvalue weighted by atomic mass is 9.80. The number of nitrogens with zero attached hydrogens (tertiary/aromatic N) is 1. The highest BCUT2D eigenvalue weighted by atomic mass is 32.1. The zero-order valence-electron chi connectivity index (χ0n) is 15.8. The molecule has 4 rings (SSSR count). The summed E-state index contributed by atoms with van der Waals surface area (Å²) in [7, 11) is 0. The quantitative estimate of drug-likeness (QED) is 0.783. The van der Waals surface area contributed by atoms with Crippen molar-refractivity contribution in [1.82, 2.24) is 10.2 Å². The van der Waals surface area contributed by atoms with Gasteiger partial charge >= 0.3 is 0 Å². The molecule has 6 heteroatoms. The average molecular weight is 391 g/mol. The number of rotatable bonds is 5. The summed E-state index contributed by atoms with van der Waals surface area (Å²) < 4.78 is 13.8. The Kier molecular flexibility index (Phi) is 5.10. The van der Waals surface area contributed by atoms with Gasteiger partial charge < -0.3 is 10.2 Å². The van der Waals surface area contributed by atoms with E-state index in [1.54, 1.807) is 11.3 Å². The van der Waals surface area contributed by atoms with Crippen molar-refractivity contribution >= 4 is 23.2 Å². The molecule has 0 aromatic carbocycles. The van der Waals surface area contributed by atoms with Crippen LogP contribution in [0.1, 0.15) is 43.7 Å². The average Bonchev–Trinajstić information content (AvgIpc) is 3.20. The smallest absolute Gasteiger partial charge is 0.279 e. The van der Waals surface area contributed by atoms with Gasteiger partial charge in [-0.3, -0.25) is 9.59 Å². The molecule has 2 amide bonds. The van der Waals surface area contributed by atoms with Crippen molar-refractivity contribution in [2.24, 2.45) is 17.3 Å². The van der Waals surface area contributed by atoms with Crippen LogP contribution in [0.25, 0.3) is 0 Å². The maximum Gasteiger partial charge on any atom is 0.279 e. The number of allylic oxidation sites excluding steroid dienone is 1. The lowest BCUT2D eigenvalue weighted by molar-refractivity contribution is -0.137. The normalized spacial score (nSPS) is 22.6. The molecule has 0 atom stereocenters. The number of fused-ring (bicyclic) bond motifs is 1. The number of piperidine rings is 1. The molecule has 2 aliphatic carbocycles. The highest BCUT2D eigenvalue weighted by Crippen LogP contribution is 2.35. The molecule has 27 heavy (non-hydrogen) atoms. The number of likely N-dealkylation sites (tertiary alicyclic amines) is 1. The van der Waals surface area contributed by atoms with Crippen LogP contribution >= 0.6 is 11.3 Å². The summed E-state index contributed by atoms with van der Waals surface area (Å²) in [6.07, 6.45) is 6.82. The van der Waals surface area contributed by atoms with Crippen molar-refractivity contribution in [3.63, 3.8) is 0 Å². The fraction of sp³-hybridized carbons (Fsp3) is 0.619. The second-order valence-electron chi connectivity index (χ2n) is 8.70. The predicted molar refractivity (Wildman–Crippen MR) is 104 cm³/mol. The summed E-state index contributed by atoms with van der Waals surface area (Å²) in [6, 6.07) is 0. The highest BCUT2D eigenvalue weighted by molar-refractivity contribution is 7.08. The molecule has 0 unspecified atom stereocenters. The fourth-order valence-electron chi connectivity index (χ4n) is 4.11. The fourth-order valence-corrected chi connectivity index (χ4v) is 5.00. The van der Waals surface area contributed by atoms with Crippen LogP contribution in [-0.4, -0.2) is 36.3 Å². The summed E-state index contributed by atoms with van der Waals surface area (Å²) >= 11 is 1.72. The Bertz CT molecular complexity index is 739. The lowest BCUT2D eigenvalue weighted by Gasteiger charge is -2.40. The Morgan fingerprint density at radius 2 is 1.89 bits per heavy atom. The molecule has 0 bridgehead atoms. The van der Waals surface area contributed by atoms with Crippen LogP contribution in [0.15, 0.2) is 22.7 Å². The minimum Gasteiger partial charge on any atom is -0.350 e. The van der Waals surface area contributed by atoms with Gasteiger partial charge in [0.2, 0.25) is 5.91 Å². The number of carbonyl (C=O) groups is 2. The van der Waals surface area contributed by atoms with E-state index in [0.29, 0.717) is 6.54 Å². The first kappa shape index (κ1) is 18.7. The van der Waals surface area contributed by atoms with E-state index in [2.05, 4.69) is 23.0 Å². The predicted octanol–water partition coefficient (Wildman–Crippen LogP) is 3.47. The van der Waals surface area contributed by atoms with Crippen LogP contribution in [0.5, 0.6) is 0 Å². The van der Waals surface area contributed by atoms with Crippen molar-refractivity contribution in [2.45, 2.75) is 45.4 Å². The maximum absolute atomic E-state index is 13.8. The van der Waals surface area contributed by atoms with Crippen LogP contribution in [-0.2, 0) is 22.4 Å². The Hall–Kier alpha value is -1.69. The first-order chi connectivity index (χ1) is 12.9. The van der Waals surface area contributed by atoms with Crippen LogP contribution in [0.4, 0.5) is 4.39 Å². The van der Waals surface area contributed by atoms with Crippen molar-refractivity contribution < 1.29 is 14.0 Å². The molecule has 1 saturated heterocycles. The number of amides is 2. The van der Waals surface area contributed by atoms with Gasteiger partial charge in [-0.05, 0) is 77.8 Å². The van der Waals surface area contributed by atoms with E-state index in [9.17, 15) is 14.0 Å². The van der Waals surface area contributed by atoms with Crippen molar-refractivity contribution in [1.29, 1.82) is 0 Å². The largest absolute Gasteiger partial charge is 0.350 e. The van der Waals surface area contributed by atoms with E-state index >= 15 is 0 Å². The molecule has 1 aliphatic heterocycles. The summed E-state index contributed by atoms with van der Waals surface area (Å²) in [5.41, 5.74) is 2.59. The molecule has 4 nitrogen and oxygen atoms in total. The number of hydrogen-bond donors (Lipinski definition) is 1. The molecule has 1 saturated carbocycles. The van der Waals surface area contributed by atoms with Gasteiger partial charge in [-0.25, -0.2) is 4.39 Å². The number of thiophene rings is 1. The summed E-state index contributed by atoms with van der Waals surface area (Å²) in [5, 5.41) is 7.07. The molecule has 1 N–H and O–H groups in total. The minimum absolute atomic E-state index is 0.0832. The molecule has 1 aromatic rings. The third-order valence-electron chi connectivity index (χ3n) is 6.29. The second kappa shape index (κ2) is 7.38. The molecule has 0 spiro atoms. The van der Waals surface area contributed by atoms with E-state index in [1.165, 1.54) is 17.2 Å². The summed E-state index contributed by atoms with van der Waals surface area (Å²) in [4.78, 5) is 26.7. The molecule has 1 aromatic heterocycles. The molecule has 2 fully saturated rings. The Balaban J connectivity index is 1.24. The van der Waals surface area contributed by atoms with E-state index in [4.69, 9.17) is 0 Å². The van der Waals surface area contributed by atoms with Gasteiger partial charge in [0.1, 0.15) is 0 Å². The van der Waals surface area contributed by atoms with Gasteiger partial charge in [0.25, 0.3) is 5.91 Å². The molecule has 3 aliphatic rings. The van der Waals surface area contributed by atoms with Gasteiger partial charge in [-0.1, -0.05) is 6.92 Å². The molecular weight excluding hydrogens is 363 g/mol. The monoisotopic (exact) mass is 390 g/mol. The summed E-state index contributed by atoms with van der Waals surface area (Å²) in [6.45, 7) is 4.01. The maximum atomic E-state index is 13.8. The molecule has 2 heterocycles. The van der Waals surface area contributed by atoms with E-state index in [1.807, 2.05) is 4.90 Å². The van der Waals surface area contributed by atoms with Crippen LogP contribution < -0.4 is 5.32 Å².